The molecular weight excluding hydrogens is 275 g/mol. The summed E-state index contributed by atoms with van der Waals surface area (Å²) in [6.07, 6.45) is 0. The van der Waals surface area contributed by atoms with E-state index in [0.29, 0.717) is 6.07 Å². The highest BCUT2D eigenvalue weighted by Crippen LogP contribution is 2.20. The van der Waals surface area contributed by atoms with Crippen molar-refractivity contribution in [3.05, 3.63) is 39.7 Å². The summed E-state index contributed by atoms with van der Waals surface area (Å²) in [7, 11) is 0. The summed E-state index contributed by atoms with van der Waals surface area (Å²) in [6, 6.07) is 2.34. The molecule has 0 aliphatic heterocycles. The third kappa shape index (κ3) is 3.26. The molecule has 0 atom stereocenters. The molecule has 8 nitrogen and oxygen atoms in total. The molecule has 1 rings (SSSR count). The van der Waals surface area contributed by atoms with Gasteiger partial charge in [-0.1, -0.05) is 0 Å². The van der Waals surface area contributed by atoms with Crippen molar-refractivity contribution < 1.29 is 29.4 Å². The lowest BCUT2D eigenvalue weighted by Gasteiger charge is -2.28. The summed E-state index contributed by atoms with van der Waals surface area (Å²) in [5, 5.41) is 40.1. The summed E-state index contributed by atoms with van der Waals surface area (Å²) >= 11 is 0. The average molecular weight is 288 g/mol. The Bertz CT molecular complexity index is 509. The molecule has 110 valence electrons. The SMILES string of the molecule is O=C(NC(CO)(CO)CO)c1ccc(F)cc1[N+](=O)[O-]. The Kier molecular flexibility index (Phi) is 5.08. The summed E-state index contributed by atoms with van der Waals surface area (Å²) in [5.74, 6) is -1.90. The minimum atomic E-state index is -1.72. The number of nitro groups is 1. The van der Waals surface area contributed by atoms with Crippen LogP contribution in [0.3, 0.4) is 0 Å². The minimum Gasteiger partial charge on any atom is -0.394 e. The maximum atomic E-state index is 13.0. The van der Waals surface area contributed by atoms with Gasteiger partial charge >= 0.3 is 0 Å². The molecule has 0 fully saturated rings. The first-order valence-corrected chi connectivity index (χ1v) is 5.48. The van der Waals surface area contributed by atoms with Crippen LogP contribution in [0.2, 0.25) is 0 Å². The zero-order chi connectivity index (χ0) is 15.3. The standard InChI is InChI=1S/C11H13FN2O6/c12-7-1-2-8(9(3-7)14(19)20)10(18)13-11(4-15,5-16)6-17/h1-3,15-17H,4-6H2,(H,13,18). The molecule has 0 spiro atoms. The third-order valence-corrected chi connectivity index (χ3v) is 2.69. The van der Waals surface area contributed by atoms with Crippen LogP contribution in [0.1, 0.15) is 10.4 Å². The van der Waals surface area contributed by atoms with E-state index in [1.165, 1.54) is 0 Å². The maximum absolute atomic E-state index is 13.0. The van der Waals surface area contributed by atoms with Crippen molar-refractivity contribution in [3.8, 4) is 0 Å². The molecule has 0 saturated carbocycles. The largest absolute Gasteiger partial charge is 0.394 e. The number of aliphatic hydroxyl groups excluding tert-OH is 3. The van der Waals surface area contributed by atoms with E-state index in [4.69, 9.17) is 15.3 Å². The van der Waals surface area contributed by atoms with Gasteiger partial charge in [0.15, 0.2) is 0 Å². The second kappa shape index (κ2) is 6.37. The molecule has 1 aromatic rings. The van der Waals surface area contributed by atoms with Crippen LogP contribution in [0.15, 0.2) is 18.2 Å². The molecule has 0 heterocycles. The van der Waals surface area contributed by atoms with Crippen LogP contribution in [0.5, 0.6) is 0 Å². The van der Waals surface area contributed by atoms with Gasteiger partial charge in [0.25, 0.3) is 11.6 Å². The predicted molar refractivity (Wildman–Crippen MR) is 64.5 cm³/mol. The Morgan fingerprint density at radius 1 is 1.30 bits per heavy atom. The molecule has 4 N–H and O–H groups in total. The van der Waals surface area contributed by atoms with Gasteiger partial charge in [0.05, 0.1) is 30.8 Å². The fourth-order valence-electron chi connectivity index (χ4n) is 1.42. The zero-order valence-electron chi connectivity index (χ0n) is 10.2. The highest BCUT2D eigenvalue weighted by molar-refractivity contribution is 5.98. The van der Waals surface area contributed by atoms with Crippen molar-refractivity contribution in [3.63, 3.8) is 0 Å². The van der Waals surface area contributed by atoms with Crippen LogP contribution in [-0.4, -0.2) is 51.5 Å². The number of rotatable bonds is 6. The molecule has 0 aliphatic rings. The number of benzene rings is 1. The maximum Gasteiger partial charge on any atom is 0.285 e. The van der Waals surface area contributed by atoms with Crippen LogP contribution >= 0.6 is 0 Å². The Morgan fingerprint density at radius 2 is 1.85 bits per heavy atom. The molecule has 0 unspecified atom stereocenters. The number of halogens is 1. The summed E-state index contributed by atoms with van der Waals surface area (Å²) in [6.45, 7) is -2.33. The highest BCUT2D eigenvalue weighted by atomic mass is 19.1. The van der Waals surface area contributed by atoms with E-state index < -0.39 is 53.3 Å². The molecule has 20 heavy (non-hydrogen) atoms. The number of carbonyl (C=O) groups is 1. The van der Waals surface area contributed by atoms with E-state index in [9.17, 15) is 19.3 Å². The fraction of sp³-hybridized carbons (Fsp3) is 0.364. The molecule has 9 heteroatoms. The normalized spacial score (nSPS) is 11.2. The van der Waals surface area contributed by atoms with E-state index in [0.717, 1.165) is 12.1 Å². The van der Waals surface area contributed by atoms with Crippen LogP contribution < -0.4 is 5.32 Å². The van der Waals surface area contributed by atoms with Crippen LogP contribution in [0.25, 0.3) is 0 Å². The summed E-state index contributed by atoms with van der Waals surface area (Å²) < 4.78 is 13.0. The lowest BCUT2D eigenvalue weighted by atomic mass is 10.0. The first-order valence-electron chi connectivity index (χ1n) is 5.48. The van der Waals surface area contributed by atoms with Crippen molar-refractivity contribution in [2.45, 2.75) is 5.54 Å². The van der Waals surface area contributed by atoms with Gasteiger partial charge in [-0.15, -0.1) is 0 Å². The minimum absolute atomic E-state index is 0.448. The van der Waals surface area contributed by atoms with Crippen LogP contribution in [-0.2, 0) is 0 Å². The van der Waals surface area contributed by atoms with Crippen molar-refractivity contribution in [2.75, 3.05) is 19.8 Å². The van der Waals surface area contributed by atoms with Gasteiger partial charge in [0.2, 0.25) is 0 Å². The van der Waals surface area contributed by atoms with Gasteiger partial charge < -0.3 is 20.6 Å². The quantitative estimate of drug-likeness (QED) is 0.399. The van der Waals surface area contributed by atoms with Crippen LogP contribution in [0.4, 0.5) is 10.1 Å². The second-order valence-electron chi connectivity index (χ2n) is 4.13. The molecule has 1 amide bonds. The van der Waals surface area contributed by atoms with Gasteiger partial charge in [-0.25, -0.2) is 4.39 Å². The van der Waals surface area contributed by atoms with Gasteiger partial charge in [0.1, 0.15) is 16.9 Å². The van der Waals surface area contributed by atoms with Crippen molar-refractivity contribution >= 4 is 11.6 Å². The number of hydrogen-bond acceptors (Lipinski definition) is 6. The van der Waals surface area contributed by atoms with E-state index in [2.05, 4.69) is 5.32 Å². The summed E-state index contributed by atoms with van der Waals surface area (Å²) in [4.78, 5) is 21.7. The number of aliphatic hydroxyl groups is 3. The van der Waals surface area contributed by atoms with Gasteiger partial charge in [-0.05, 0) is 12.1 Å². The van der Waals surface area contributed by atoms with E-state index in [1.807, 2.05) is 0 Å². The van der Waals surface area contributed by atoms with Crippen molar-refractivity contribution in [1.29, 1.82) is 0 Å². The molecule has 0 saturated heterocycles. The number of amides is 1. The lowest BCUT2D eigenvalue weighted by Crippen LogP contribution is -2.57. The van der Waals surface area contributed by atoms with Gasteiger partial charge in [-0.3, -0.25) is 14.9 Å². The second-order valence-corrected chi connectivity index (χ2v) is 4.13. The fourth-order valence-corrected chi connectivity index (χ4v) is 1.42. The molecule has 0 aromatic heterocycles. The molecule has 0 aliphatic carbocycles. The van der Waals surface area contributed by atoms with Gasteiger partial charge in [0, 0.05) is 0 Å². The molecular formula is C11H13FN2O6. The molecule has 0 bridgehead atoms. The number of carbonyl (C=O) groups excluding carboxylic acids is 1. The Labute approximate surface area is 112 Å². The Hall–Kier alpha value is -2.10. The smallest absolute Gasteiger partial charge is 0.285 e. The first kappa shape index (κ1) is 16.0. The van der Waals surface area contributed by atoms with Gasteiger partial charge in [-0.2, -0.15) is 0 Å². The average Bonchev–Trinajstić information content (AvgIpc) is 2.44. The third-order valence-electron chi connectivity index (χ3n) is 2.69. The summed E-state index contributed by atoms with van der Waals surface area (Å²) in [5.41, 5.74) is -2.93. The first-order chi connectivity index (χ1) is 9.39. The van der Waals surface area contributed by atoms with E-state index >= 15 is 0 Å². The highest BCUT2D eigenvalue weighted by Gasteiger charge is 2.32. The number of nitrogens with zero attached hydrogens (tertiary/aromatic N) is 1. The Morgan fingerprint density at radius 3 is 2.30 bits per heavy atom. The molecule has 1 aromatic carbocycles. The van der Waals surface area contributed by atoms with Crippen molar-refractivity contribution in [1.82, 2.24) is 5.32 Å². The van der Waals surface area contributed by atoms with Crippen molar-refractivity contribution in [2.24, 2.45) is 0 Å². The van der Waals surface area contributed by atoms with E-state index in [1.54, 1.807) is 0 Å². The Balaban J connectivity index is 3.12. The number of hydrogen-bond donors (Lipinski definition) is 4. The zero-order valence-corrected chi connectivity index (χ0v) is 10.2. The molecule has 0 radical (unpaired) electrons. The monoisotopic (exact) mass is 288 g/mol. The lowest BCUT2D eigenvalue weighted by molar-refractivity contribution is -0.385. The topological polar surface area (TPSA) is 133 Å². The number of nitro benzene ring substituents is 1. The number of nitrogens with one attached hydrogen (secondary N) is 1. The van der Waals surface area contributed by atoms with Crippen LogP contribution in [0, 0.1) is 15.9 Å². The van der Waals surface area contributed by atoms with E-state index in [-0.39, 0.29) is 0 Å². The predicted octanol–water partition coefficient (Wildman–Crippen LogP) is -0.821.